The minimum atomic E-state index is -0.797. The first-order chi connectivity index (χ1) is 19.9. The molecule has 0 spiro atoms. The van der Waals surface area contributed by atoms with Gasteiger partial charge >= 0.3 is 0 Å². The number of nitrogens with zero attached hydrogens (tertiary/aromatic N) is 2. The average molecular weight is 560 g/mol. The number of benzene rings is 3. The lowest BCUT2D eigenvalue weighted by Gasteiger charge is -2.48. The Balaban J connectivity index is 1.43. The Morgan fingerprint density at radius 2 is 1.51 bits per heavy atom. The zero-order valence-corrected chi connectivity index (χ0v) is 24.6. The van der Waals surface area contributed by atoms with Crippen LogP contribution in [0.4, 0.5) is 5.69 Å². The van der Waals surface area contributed by atoms with Crippen LogP contribution in [0.3, 0.4) is 0 Å². The number of hydrogen-bond donors (Lipinski definition) is 3. The van der Waals surface area contributed by atoms with Crippen molar-refractivity contribution in [3.63, 3.8) is 0 Å². The number of amidine groups is 1. The van der Waals surface area contributed by atoms with Crippen LogP contribution >= 0.6 is 0 Å². The molecule has 0 bridgehead atoms. The highest BCUT2D eigenvalue weighted by Crippen LogP contribution is 2.45. The van der Waals surface area contributed by atoms with E-state index in [0.29, 0.717) is 17.3 Å². The first kappa shape index (κ1) is 28.6. The van der Waals surface area contributed by atoms with E-state index in [-0.39, 0.29) is 5.41 Å². The Bertz CT molecular complexity index is 1370. The fourth-order valence-electron chi connectivity index (χ4n) is 6.21. The van der Waals surface area contributed by atoms with E-state index in [4.69, 9.17) is 29.7 Å². The third-order valence-electron chi connectivity index (χ3n) is 8.48. The van der Waals surface area contributed by atoms with Crippen LogP contribution in [0.15, 0.2) is 65.7 Å². The second kappa shape index (κ2) is 11.9. The van der Waals surface area contributed by atoms with Crippen LogP contribution in [0.5, 0.6) is 23.0 Å². The molecule has 218 valence electrons. The molecule has 3 aromatic rings. The fourth-order valence-corrected chi connectivity index (χ4v) is 6.21. The number of methoxy groups -OCH3 is 4. The molecule has 1 fully saturated rings. The molecule has 2 aliphatic heterocycles. The normalized spacial score (nSPS) is 19.9. The number of hydrogen-bond acceptors (Lipinski definition) is 9. The van der Waals surface area contributed by atoms with Crippen molar-refractivity contribution in [1.29, 1.82) is 0 Å². The van der Waals surface area contributed by atoms with Crippen molar-refractivity contribution < 1.29 is 18.9 Å². The summed E-state index contributed by atoms with van der Waals surface area (Å²) >= 11 is 0. The van der Waals surface area contributed by atoms with E-state index in [1.54, 1.807) is 28.4 Å². The quantitative estimate of drug-likeness (QED) is 0.337. The maximum Gasteiger partial charge on any atom is 0.187 e. The molecule has 2 heterocycles. The molecular formula is C32H41N5O4. The summed E-state index contributed by atoms with van der Waals surface area (Å²) in [7, 11) is 8.55. The number of nitrogens with one attached hydrogen (secondary N) is 2. The largest absolute Gasteiger partial charge is 0.497 e. The predicted molar refractivity (Wildman–Crippen MR) is 162 cm³/mol. The number of nitrogens with two attached hydrogens (primary N) is 1. The average Bonchev–Trinajstić information content (AvgIpc) is 3.01. The first-order valence-corrected chi connectivity index (χ1v) is 13.9. The van der Waals surface area contributed by atoms with Crippen LogP contribution < -0.4 is 35.3 Å². The van der Waals surface area contributed by atoms with E-state index < -0.39 is 5.79 Å². The number of fused-ring (bicyclic) bond motifs is 1. The molecule has 1 saturated heterocycles. The molecule has 0 radical (unpaired) electrons. The predicted octanol–water partition coefficient (Wildman–Crippen LogP) is 4.35. The second-order valence-electron chi connectivity index (χ2n) is 10.8. The topological polar surface area (TPSA) is 103 Å². The molecule has 0 aromatic heterocycles. The summed E-state index contributed by atoms with van der Waals surface area (Å²) in [6, 6.07) is 20.7. The minimum Gasteiger partial charge on any atom is -0.497 e. The van der Waals surface area contributed by atoms with Gasteiger partial charge in [-0.2, -0.15) is 0 Å². The lowest BCUT2D eigenvalue weighted by atomic mass is 9.68. The molecule has 0 amide bonds. The summed E-state index contributed by atoms with van der Waals surface area (Å²) in [4.78, 5) is 7.53. The minimum absolute atomic E-state index is 0.127. The molecule has 1 atom stereocenters. The van der Waals surface area contributed by atoms with E-state index >= 15 is 0 Å². The number of ether oxygens (including phenoxy) is 4. The summed E-state index contributed by atoms with van der Waals surface area (Å²) in [6.07, 6.45) is 2.66. The summed E-state index contributed by atoms with van der Waals surface area (Å²) in [6.45, 7) is 2.71. The van der Waals surface area contributed by atoms with Crippen molar-refractivity contribution in [1.82, 2.24) is 10.2 Å². The summed E-state index contributed by atoms with van der Waals surface area (Å²) < 4.78 is 22.1. The van der Waals surface area contributed by atoms with Crippen molar-refractivity contribution in [2.45, 2.75) is 37.0 Å². The molecular weight excluding hydrogens is 518 g/mol. The lowest BCUT2D eigenvalue weighted by Crippen LogP contribution is -2.57. The molecule has 9 nitrogen and oxygen atoms in total. The highest BCUT2D eigenvalue weighted by atomic mass is 16.5. The maximum atomic E-state index is 6.60. The molecule has 1 unspecified atom stereocenters. The zero-order chi connectivity index (χ0) is 29.0. The van der Waals surface area contributed by atoms with Crippen LogP contribution in [0.2, 0.25) is 0 Å². The Hall–Kier alpha value is -3.95. The van der Waals surface area contributed by atoms with Crippen LogP contribution in [0.25, 0.3) is 0 Å². The van der Waals surface area contributed by atoms with Gasteiger partial charge in [0, 0.05) is 36.1 Å². The summed E-state index contributed by atoms with van der Waals surface area (Å²) in [5.41, 5.74) is 10.6. The van der Waals surface area contributed by atoms with E-state index in [2.05, 4.69) is 58.0 Å². The highest BCUT2D eigenvalue weighted by molar-refractivity contribution is 6.05. The van der Waals surface area contributed by atoms with Crippen LogP contribution in [0, 0.1) is 0 Å². The molecule has 5 rings (SSSR count). The summed E-state index contributed by atoms with van der Waals surface area (Å²) in [5, 5.41) is 7.16. The van der Waals surface area contributed by atoms with Gasteiger partial charge < -0.3 is 30.0 Å². The van der Waals surface area contributed by atoms with Crippen molar-refractivity contribution in [3.05, 3.63) is 77.4 Å². The number of likely N-dealkylation sites (tertiary alicyclic amines) is 1. The molecule has 3 aromatic carbocycles. The SMILES string of the molecule is CNC1(CC2(c3ccccc3)CCN(Cc3cc(OC)cc(OC)c3)CC2)N=C(N)c2cc(OC)c(OC)cc2N1. The smallest absolute Gasteiger partial charge is 0.187 e. The third kappa shape index (κ3) is 5.78. The highest BCUT2D eigenvalue weighted by Gasteiger charge is 2.45. The van der Waals surface area contributed by atoms with Crippen molar-refractivity contribution in [2.75, 3.05) is 53.9 Å². The van der Waals surface area contributed by atoms with E-state index in [1.165, 1.54) is 11.1 Å². The molecule has 9 heteroatoms. The van der Waals surface area contributed by atoms with E-state index in [9.17, 15) is 0 Å². The zero-order valence-electron chi connectivity index (χ0n) is 24.6. The Labute approximate surface area is 242 Å². The van der Waals surface area contributed by atoms with Gasteiger partial charge in [-0.25, -0.2) is 4.99 Å². The van der Waals surface area contributed by atoms with Crippen LogP contribution in [0.1, 0.15) is 36.0 Å². The Kier molecular flexibility index (Phi) is 8.28. The van der Waals surface area contributed by atoms with Crippen LogP contribution in [-0.2, 0) is 12.0 Å². The molecule has 2 aliphatic rings. The van der Waals surface area contributed by atoms with Gasteiger partial charge in [0.05, 0.1) is 34.1 Å². The van der Waals surface area contributed by atoms with Gasteiger partial charge in [-0.15, -0.1) is 0 Å². The summed E-state index contributed by atoms with van der Waals surface area (Å²) in [5.74, 6) is 2.53. The van der Waals surface area contributed by atoms with Gasteiger partial charge in [-0.1, -0.05) is 30.3 Å². The van der Waals surface area contributed by atoms with Gasteiger partial charge in [0.1, 0.15) is 17.3 Å². The molecule has 0 aliphatic carbocycles. The van der Waals surface area contributed by atoms with Crippen LogP contribution in [-0.4, -0.2) is 65.1 Å². The van der Waals surface area contributed by atoms with Crippen molar-refractivity contribution in [2.24, 2.45) is 10.7 Å². The Morgan fingerprint density at radius 1 is 0.878 bits per heavy atom. The monoisotopic (exact) mass is 559 g/mol. The molecule has 4 N–H and O–H groups in total. The van der Waals surface area contributed by atoms with Crippen molar-refractivity contribution in [3.8, 4) is 23.0 Å². The number of aliphatic imine (C=N–C) groups is 1. The molecule has 0 saturated carbocycles. The standard InChI is InChI=1S/C32H41N5O4/c1-34-32(35-27-19-29(41-5)28(40-4)18-26(27)30(33)36-32)21-31(23-9-7-6-8-10-23)11-13-37(14-12-31)20-22-15-24(38-2)17-25(16-22)39-3/h6-10,15-19,34-35H,11-14,20-21H2,1-5H3,(H2,33,36). The number of piperidine rings is 1. The number of anilines is 1. The van der Waals surface area contributed by atoms with Crippen molar-refractivity contribution >= 4 is 11.5 Å². The van der Waals surface area contributed by atoms with Gasteiger partial charge in [-0.3, -0.25) is 10.2 Å². The number of rotatable bonds is 10. The van der Waals surface area contributed by atoms with E-state index in [1.807, 2.05) is 25.2 Å². The first-order valence-electron chi connectivity index (χ1n) is 13.9. The molecule has 41 heavy (non-hydrogen) atoms. The maximum absolute atomic E-state index is 6.60. The van der Waals surface area contributed by atoms with Gasteiger partial charge in [0.15, 0.2) is 17.3 Å². The van der Waals surface area contributed by atoms with Gasteiger partial charge in [0.2, 0.25) is 0 Å². The third-order valence-corrected chi connectivity index (χ3v) is 8.48. The fraction of sp³-hybridized carbons (Fsp3) is 0.406. The lowest BCUT2D eigenvalue weighted by molar-refractivity contribution is 0.124. The van der Waals surface area contributed by atoms with Gasteiger partial charge in [0.25, 0.3) is 0 Å². The second-order valence-corrected chi connectivity index (χ2v) is 10.8. The van der Waals surface area contributed by atoms with E-state index in [0.717, 1.165) is 61.6 Å². The van der Waals surface area contributed by atoms with Gasteiger partial charge in [-0.05, 0) is 62.3 Å². The Morgan fingerprint density at radius 3 is 2.10 bits per heavy atom.